The Kier molecular flexibility index (Phi) is 5.93. The molecule has 0 aliphatic carbocycles. The molecule has 1 aliphatic heterocycles. The Morgan fingerprint density at radius 3 is 2.67 bits per heavy atom. The van der Waals surface area contributed by atoms with Gasteiger partial charge in [-0.2, -0.15) is 5.10 Å². The van der Waals surface area contributed by atoms with E-state index in [0.29, 0.717) is 18.9 Å². The van der Waals surface area contributed by atoms with Crippen LogP contribution in [0.15, 0.2) is 66.9 Å². The van der Waals surface area contributed by atoms with Crippen LogP contribution in [0.5, 0.6) is 0 Å². The molecule has 2 heterocycles. The molecule has 1 aromatic heterocycles. The highest BCUT2D eigenvalue weighted by Gasteiger charge is 2.36. The average molecular weight is 402 g/mol. The number of carbonyl (C=O) groups is 2. The molecule has 0 saturated carbocycles. The topological polar surface area (TPSA) is 67.2 Å². The average Bonchev–Trinajstić information content (AvgIpc) is 3.39. The second-order valence-electron chi connectivity index (χ2n) is 7.55. The van der Waals surface area contributed by atoms with Gasteiger partial charge in [0.05, 0.1) is 12.1 Å². The van der Waals surface area contributed by atoms with Gasteiger partial charge in [-0.05, 0) is 30.0 Å². The van der Waals surface area contributed by atoms with Crippen LogP contribution in [-0.2, 0) is 29.0 Å². The molecule has 0 unspecified atom stereocenters. The number of para-hydroxylation sites is 1. The van der Waals surface area contributed by atoms with Crippen LogP contribution >= 0.6 is 0 Å². The minimum atomic E-state index is -0.375. The van der Waals surface area contributed by atoms with E-state index in [-0.39, 0.29) is 24.2 Å². The van der Waals surface area contributed by atoms with Crippen molar-refractivity contribution in [1.82, 2.24) is 9.78 Å². The maximum Gasteiger partial charge on any atom is 0.230 e. The van der Waals surface area contributed by atoms with Crippen molar-refractivity contribution in [2.45, 2.75) is 32.7 Å². The molecule has 0 bridgehead atoms. The zero-order chi connectivity index (χ0) is 20.9. The third kappa shape index (κ3) is 4.27. The Morgan fingerprint density at radius 1 is 1.10 bits per heavy atom. The molecule has 6 heteroatoms. The number of hydrogen-bond acceptors (Lipinski definition) is 3. The third-order valence-electron chi connectivity index (χ3n) is 5.58. The number of carbonyl (C=O) groups excluding carboxylic acids is 2. The number of nitrogens with zero attached hydrogens (tertiary/aromatic N) is 3. The lowest BCUT2D eigenvalue weighted by Crippen LogP contribution is -2.29. The lowest BCUT2D eigenvalue weighted by atomic mass is 10.1. The first-order chi connectivity index (χ1) is 14.7. The van der Waals surface area contributed by atoms with Gasteiger partial charge in [-0.25, -0.2) is 4.68 Å². The first-order valence-corrected chi connectivity index (χ1v) is 10.4. The van der Waals surface area contributed by atoms with E-state index in [9.17, 15) is 9.59 Å². The Labute approximate surface area is 176 Å². The van der Waals surface area contributed by atoms with Crippen LogP contribution in [-0.4, -0.2) is 28.1 Å². The van der Waals surface area contributed by atoms with Gasteiger partial charge in [0.15, 0.2) is 0 Å². The smallest absolute Gasteiger partial charge is 0.230 e. The van der Waals surface area contributed by atoms with Crippen molar-refractivity contribution < 1.29 is 9.59 Å². The fourth-order valence-electron chi connectivity index (χ4n) is 3.91. The van der Waals surface area contributed by atoms with Gasteiger partial charge in [0, 0.05) is 31.3 Å². The first kappa shape index (κ1) is 19.9. The van der Waals surface area contributed by atoms with Crippen molar-refractivity contribution in [2.75, 3.05) is 16.8 Å². The van der Waals surface area contributed by atoms with Gasteiger partial charge in [-0.15, -0.1) is 0 Å². The van der Waals surface area contributed by atoms with E-state index < -0.39 is 0 Å². The molecule has 4 rings (SSSR count). The highest BCUT2D eigenvalue weighted by atomic mass is 16.2. The summed E-state index contributed by atoms with van der Waals surface area (Å²) in [7, 11) is 0. The molecule has 30 heavy (non-hydrogen) atoms. The molecule has 1 atom stereocenters. The van der Waals surface area contributed by atoms with Crippen molar-refractivity contribution in [2.24, 2.45) is 5.92 Å². The maximum atomic E-state index is 12.9. The van der Waals surface area contributed by atoms with Gasteiger partial charge in [0.1, 0.15) is 5.82 Å². The number of benzene rings is 2. The summed E-state index contributed by atoms with van der Waals surface area (Å²) in [6.45, 7) is 3.15. The zero-order valence-corrected chi connectivity index (χ0v) is 17.1. The molecule has 1 aliphatic rings. The highest BCUT2D eigenvalue weighted by Crippen LogP contribution is 2.29. The summed E-state index contributed by atoms with van der Waals surface area (Å²) in [6, 6.07) is 19.9. The summed E-state index contributed by atoms with van der Waals surface area (Å²) in [5.41, 5.74) is 3.25. The monoisotopic (exact) mass is 402 g/mol. The van der Waals surface area contributed by atoms with E-state index in [1.165, 1.54) is 5.56 Å². The summed E-state index contributed by atoms with van der Waals surface area (Å²) in [6.07, 6.45) is 3.58. The number of rotatable bonds is 7. The first-order valence-electron chi connectivity index (χ1n) is 10.4. The minimum absolute atomic E-state index is 0.00589. The number of aryl methyl sites for hydroxylation is 3. The van der Waals surface area contributed by atoms with E-state index in [2.05, 4.69) is 29.5 Å². The fraction of sp³-hybridized carbons (Fsp3) is 0.292. The molecule has 2 aromatic carbocycles. The van der Waals surface area contributed by atoms with E-state index in [4.69, 9.17) is 0 Å². The van der Waals surface area contributed by atoms with E-state index >= 15 is 0 Å². The van der Waals surface area contributed by atoms with Crippen LogP contribution in [0.4, 0.5) is 11.5 Å². The second kappa shape index (κ2) is 8.95. The Bertz CT molecular complexity index is 1030. The minimum Gasteiger partial charge on any atom is -0.311 e. The Morgan fingerprint density at radius 2 is 1.87 bits per heavy atom. The quantitative estimate of drug-likeness (QED) is 0.656. The molecule has 0 spiro atoms. The van der Waals surface area contributed by atoms with Crippen LogP contribution < -0.4 is 10.2 Å². The summed E-state index contributed by atoms with van der Waals surface area (Å²) >= 11 is 0. The van der Waals surface area contributed by atoms with Gasteiger partial charge in [0.2, 0.25) is 11.8 Å². The van der Waals surface area contributed by atoms with Crippen molar-refractivity contribution in [1.29, 1.82) is 0 Å². The fourth-order valence-corrected chi connectivity index (χ4v) is 3.91. The summed E-state index contributed by atoms with van der Waals surface area (Å²) in [4.78, 5) is 27.2. The van der Waals surface area contributed by atoms with E-state index in [1.807, 2.05) is 42.5 Å². The Balaban J connectivity index is 1.40. The summed E-state index contributed by atoms with van der Waals surface area (Å²) in [5.74, 6) is 0.144. The lowest BCUT2D eigenvalue weighted by molar-refractivity contribution is -0.122. The van der Waals surface area contributed by atoms with Crippen LogP contribution in [0.25, 0.3) is 0 Å². The molecular formula is C24H26N4O2. The number of nitrogens with one attached hydrogen (secondary N) is 1. The van der Waals surface area contributed by atoms with Crippen LogP contribution in [0.3, 0.4) is 0 Å². The summed E-state index contributed by atoms with van der Waals surface area (Å²) in [5, 5.41) is 7.31. The molecule has 1 saturated heterocycles. The van der Waals surface area contributed by atoms with Gasteiger partial charge in [0.25, 0.3) is 0 Å². The number of amides is 2. The normalized spacial score (nSPS) is 16.1. The van der Waals surface area contributed by atoms with E-state index in [1.54, 1.807) is 21.8 Å². The third-order valence-corrected chi connectivity index (χ3v) is 5.58. The Hall–Kier alpha value is -3.41. The molecule has 3 aromatic rings. The van der Waals surface area contributed by atoms with Crippen molar-refractivity contribution in [3.63, 3.8) is 0 Å². The standard InChI is InChI=1S/C24H26N4O2/c1-2-19-10-6-7-11-21(19)27-17-20(16-23(27)29)24(30)26-22-12-14-25-28(22)15-13-18-8-4-3-5-9-18/h3-12,14,20H,2,13,15-17H2,1H3,(H,26,30)/t20-/m0/s1. The van der Waals surface area contributed by atoms with Gasteiger partial charge in [-0.1, -0.05) is 55.5 Å². The van der Waals surface area contributed by atoms with Crippen LogP contribution in [0.2, 0.25) is 0 Å². The number of anilines is 2. The second-order valence-corrected chi connectivity index (χ2v) is 7.55. The predicted molar refractivity (Wildman–Crippen MR) is 117 cm³/mol. The predicted octanol–water partition coefficient (Wildman–Crippen LogP) is 3.68. The molecule has 6 nitrogen and oxygen atoms in total. The largest absolute Gasteiger partial charge is 0.311 e. The van der Waals surface area contributed by atoms with Gasteiger partial charge < -0.3 is 10.2 Å². The van der Waals surface area contributed by atoms with Crippen molar-refractivity contribution in [3.05, 3.63) is 78.0 Å². The molecule has 0 radical (unpaired) electrons. The molecular weight excluding hydrogens is 376 g/mol. The molecule has 1 fully saturated rings. The van der Waals surface area contributed by atoms with Crippen molar-refractivity contribution in [3.8, 4) is 0 Å². The highest BCUT2D eigenvalue weighted by molar-refractivity contribution is 6.03. The summed E-state index contributed by atoms with van der Waals surface area (Å²) < 4.78 is 1.80. The lowest BCUT2D eigenvalue weighted by Gasteiger charge is -2.20. The van der Waals surface area contributed by atoms with Crippen molar-refractivity contribution >= 4 is 23.3 Å². The SMILES string of the molecule is CCc1ccccc1N1C[C@@H](C(=O)Nc2ccnn2CCc2ccccc2)CC1=O. The number of hydrogen-bond donors (Lipinski definition) is 1. The van der Waals surface area contributed by atoms with E-state index in [0.717, 1.165) is 24.1 Å². The molecule has 2 amide bonds. The van der Waals surface area contributed by atoms with Crippen LogP contribution in [0.1, 0.15) is 24.5 Å². The number of aromatic nitrogens is 2. The van der Waals surface area contributed by atoms with Gasteiger partial charge >= 0.3 is 0 Å². The molecule has 1 N–H and O–H groups in total. The zero-order valence-electron chi connectivity index (χ0n) is 17.1. The molecule has 154 valence electrons. The maximum absolute atomic E-state index is 12.9. The van der Waals surface area contributed by atoms with Crippen LogP contribution in [0, 0.1) is 5.92 Å². The van der Waals surface area contributed by atoms with Gasteiger partial charge in [-0.3, -0.25) is 9.59 Å².